The number of halogens is 4. The van der Waals surface area contributed by atoms with Gasteiger partial charge in [0.1, 0.15) is 11.5 Å². The number of hydrogen-bond acceptors (Lipinski definition) is 7. The number of rotatable bonds is 4. The molecule has 12 heteroatoms. The average molecular weight is 459 g/mol. The van der Waals surface area contributed by atoms with E-state index in [2.05, 4.69) is 30.2 Å². The van der Waals surface area contributed by atoms with E-state index in [9.17, 15) is 22.4 Å². The van der Waals surface area contributed by atoms with Crippen LogP contribution in [0.2, 0.25) is 0 Å². The predicted molar refractivity (Wildman–Crippen MR) is 107 cm³/mol. The van der Waals surface area contributed by atoms with Crippen LogP contribution in [-0.4, -0.2) is 54.4 Å². The van der Waals surface area contributed by atoms with Crippen molar-refractivity contribution in [3.8, 4) is 11.5 Å². The summed E-state index contributed by atoms with van der Waals surface area (Å²) in [7, 11) is 0. The lowest BCUT2D eigenvalue weighted by Gasteiger charge is -2.34. The van der Waals surface area contributed by atoms with E-state index in [4.69, 9.17) is 0 Å². The molecule has 1 N–H and O–H groups in total. The molecule has 1 saturated carbocycles. The first-order valence-electron chi connectivity index (χ1n) is 10.2. The second-order valence-electron chi connectivity index (χ2n) is 8.02. The average Bonchev–Trinajstić information content (AvgIpc) is 3.40. The minimum atomic E-state index is -4.56. The van der Waals surface area contributed by atoms with Crippen LogP contribution in [0.1, 0.15) is 28.9 Å². The molecule has 33 heavy (non-hydrogen) atoms. The Morgan fingerprint density at radius 1 is 1.03 bits per heavy atom. The van der Waals surface area contributed by atoms with Crippen LogP contribution in [0.3, 0.4) is 0 Å². The molecule has 170 valence electrons. The quantitative estimate of drug-likeness (QED) is 0.599. The van der Waals surface area contributed by atoms with Crippen LogP contribution in [0.15, 0.2) is 43.1 Å². The van der Waals surface area contributed by atoms with Gasteiger partial charge in [-0.25, -0.2) is 24.3 Å². The largest absolute Gasteiger partial charge is 0.434 e. The Hall–Kier alpha value is -3.70. The lowest BCUT2D eigenvalue weighted by molar-refractivity contribution is -0.141. The summed E-state index contributed by atoms with van der Waals surface area (Å²) >= 11 is 0. The maximum Gasteiger partial charge on any atom is 0.434 e. The molecule has 3 atom stereocenters. The van der Waals surface area contributed by atoms with Crippen LogP contribution < -0.4 is 5.32 Å². The van der Waals surface area contributed by atoms with Crippen molar-refractivity contribution < 1.29 is 22.4 Å². The third-order valence-electron chi connectivity index (χ3n) is 5.89. The number of anilines is 1. The van der Waals surface area contributed by atoms with E-state index in [1.54, 1.807) is 17.0 Å². The van der Waals surface area contributed by atoms with Crippen molar-refractivity contribution in [3.05, 3.63) is 60.2 Å². The topological polar surface area (TPSA) is 96.8 Å². The Labute approximate surface area is 185 Å². The Bertz CT molecular complexity index is 1170. The minimum Gasteiger partial charge on any atom is -0.364 e. The summed E-state index contributed by atoms with van der Waals surface area (Å²) < 4.78 is 51.4. The molecule has 0 spiro atoms. The van der Waals surface area contributed by atoms with E-state index in [1.807, 2.05) is 0 Å². The van der Waals surface area contributed by atoms with E-state index < -0.39 is 17.7 Å². The van der Waals surface area contributed by atoms with Gasteiger partial charge in [0.25, 0.3) is 5.91 Å². The van der Waals surface area contributed by atoms with Crippen LogP contribution in [-0.2, 0) is 6.18 Å². The SMILES string of the molecule is O=C(c1cccnc1-c1ncc(F)cn1)N1CC2CC(Nc3cnc(C(F)(F)F)cn3)C1C2. The summed E-state index contributed by atoms with van der Waals surface area (Å²) in [4.78, 5) is 34.5. The summed E-state index contributed by atoms with van der Waals surface area (Å²) in [5, 5.41) is 3.12. The highest BCUT2D eigenvalue weighted by atomic mass is 19.4. The maximum absolute atomic E-state index is 13.4. The molecule has 3 unspecified atom stereocenters. The smallest absolute Gasteiger partial charge is 0.364 e. The van der Waals surface area contributed by atoms with Gasteiger partial charge in [-0.05, 0) is 30.9 Å². The van der Waals surface area contributed by atoms with E-state index in [0.29, 0.717) is 18.3 Å². The number of piperidine rings is 1. The molecular weight excluding hydrogens is 442 g/mol. The monoisotopic (exact) mass is 459 g/mol. The number of fused-ring (bicyclic) bond motifs is 2. The van der Waals surface area contributed by atoms with Gasteiger partial charge in [-0.2, -0.15) is 13.2 Å². The molecule has 0 aromatic carbocycles. The number of likely N-dealkylation sites (tertiary alicyclic amines) is 1. The zero-order valence-electron chi connectivity index (χ0n) is 17.0. The first-order valence-corrected chi connectivity index (χ1v) is 10.2. The molecule has 3 aromatic heterocycles. The number of carbonyl (C=O) groups excluding carboxylic acids is 1. The zero-order chi connectivity index (χ0) is 23.2. The number of alkyl halides is 3. The fourth-order valence-corrected chi connectivity index (χ4v) is 4.50. The second-order valence-corrected chi connectivity index (χ2v) is 8.02. The lowest BCUT2D eigenvalue weighted by atomic mass is 10.0. The molecule has 8 nitrogen and oxygen atoms in total. The molecular formula is C21H17F4N7O. The summed E-state index contributed by atoms with van der Waals surface area (Å²) in [5.41, 5.74) is -0.516. The molecule has 1 aliphatic carbocycles. The van der Waals surface area contributed by atoms with Crippen molar-refractivity contribution in [2.24, 2.45) is 5.92 Å². The van der Waals surface area contributed by atoms with Crippen LogP contribution >= 0.6 is 0 Å². The van der Waals surface area contributed by atoms with Crippen LogP contribution in [0.25, 0.3) is 11.5 Å². The van der Waals surface area contributed by atoms with Gasteiger partial charge in [0.15, 0.2) is 17.3 Å². The second kappa shape index (κ2) is 8.01. The zero-order valence-corrected chi connectivity index (χ0v) is 17.0. The normalized spacial score (nSPS) is 21.9. The van der Waals surface area contributed by atoms with Gasteiger partial charge in [0.05, 0.1) is 36.4 Å². The molecule has 2 bridgehead atoms. The number of carbonyl (C=O) groups is 1. The number of nitrogens with one attached hydrogen (secondary N) is 1. The van der Waals surface area contributed by atoms with Crippen molar-refractivity contribution in [3.63, 3.8) is 0 Å². The van der Waals surface area contributed by atoms with Crippen molar-refractivity contribution in [1.82, 2.24) is 29.8 Å². The molecule has 0 radical (unpaired) electrons. The van der Waals surface area contributed by atoms with Gasteiger partial charge in [-0.1, -0.05) is 0 Å². The van der Waals surface area contributed by atoms with Crippen LogP contribution in [0.5, 0.6) is 0 Å². The van der Waals surface area contributed by atoms with Crippen molar-refractivity contribution in [2.45, 2.75) is 31.1 Å². The molecule has 3 aromatic rings. The Kier molecular flexibility index (Phi) is 5.14. The fourth-order valence-electron chi connectivity index (χ4n) is 4.50. The van der Waals surface area contributed by atoms with Gasteiger partial charge in [0, 0.05) is 18.8 Å². The minimum absolute atomic E-state index is 0.138. The van der Waals surface area contributed by atoms with E-state index in [0.717, 1.165) is 31.4 Å². The molecule has 1 amide bonds. The number of aromatic nitrogens is 5. The molecule has 2 fully saturated rings. The Balaban J connectivity index is 1.35. The van der Waals surface area contributed by atoms with E-state index >= 15 is 0 Å². The third-order valence-corrected chi connectivity index (χ3v) is 5.89. The summed E-state index contributed by atoms with van der Waals surface area (Å²) in [6.07, 6.45) is 2.22. The van der Waals surface area contributed by atoms with Gasteiger partial charge in [-0.15, -0.1) is 0 Å². The van der Waals surface area contributed by atoms with Gasteiger partial charge >= 0.3 is 6.18 Å². The summed E-state index contributed by atoms with van der Waals surface area (Å²) in [6.45, 7) is 0.555. The standard InChI is InChI=1S/C21H17F4N7O/c22-12-6-29-19(30-7-12)18-13(2-1-3-26-18)20(33)32-10-11-4-14(15(32)5-11)31-17-9-27-16(8-28-17)21(23,24)25/h1-3,6-9,11,14-15H,4-5,10H2,(H,28,31). The lowest BCUT2D eigenvalue weighted by Crippen LogP contribution is -2.48. The van der Waals surface area contributed by atoms with Crippen molar-refractivity contribution >= 4 is 11.7 Å². The van der Waals surface area contributed by atoms with Crippen LogP contribution in [0, 0.1) is 11.7 Å². The number of nitrogens with zero attached hydrogens (tertiary/aromatic N) is 6. The highest BCUT2D eigenvalue weighted by Gasteiger charge is 2.47. The first kappa shape index (κ1) is 21.2. The number of pyridine rings is 1. The van der Waals surface area contributed by atoms with Crippen molar-refractivity contribution in [2.75, 3.05) is 11.9 Å². The van der Waals surface area contributed by atoms with Crippen molar-refractivity contribution in [1.29, 1.82) is 0 Å². The Morgan fingerprint density at radius 2 is 1.82 bits per heavy atom. The third kappa shape index (κ3) is 4.08. The molecule has 4 heterocycles. The van der Waals surface area contributed by atoms with Gasteiger partial charge in [-0.3, -0.25) is 9.78 Å². The maximum atomic E-state index is 13.4. The number of hydrogen-bond donors (Lipinski definition) is 1. The first-order chi connectivity index (χ1) is 15.8. The van der Waals surface area contributed by atoms with E-state index in [1.165, 1.54) is 6.20 Å². The fraction of sp³-hybridized carbons (Fsp3) is 0.333. The summed E-state index contributed by atoms with van der Waals surface area (Å²) in [5.74, 6) is -0.251. The predicted octanol–water partition coefficient (Wildman–Crippen LogP) is 3.20. The van der Waals surface area contributed by atoms with Gasteiger partial charge < -0.3 is 10.2 Å². The highest BCUT2D eigenvalue weighted by molar-refractivity contribution is 5.99. The highest BCUT2D eigenvalue weighted by Crippen LogP contribution is 2.40. The van der Waals surface area contributed by atoms with Gasteiger partial charge in [0.2, 0.25) is 0 Å². The summed E-state index contributed by atoms with van der Waals surface area (Å²) in [6, 6.07) is 2.89. The Morgan fingerprint density at radius 3 is 2.48 bits per heavy atom. The molecule has 2 aliphatic rings. The van der Waals surface area contributed by atoms with Crippen LogP contribution in [0.4, 0.5) is 23.4 Å². The molecule has 1 saturated heterocycles. The number of amides is 1. The molecule has 1 aliphatic heterocycles. The molecule has 5 rings (SSSR count). The van der Waals surface area contributed by atoms with E-state index in [-0.39, 0.29) is 41.2 Å².